The standard InChI is InChI=1S/C35H52ClN3O10S/c1-11-19(2)14-23-15-24(30(36)25(16-23)46-10)39(8)29(41)17-27(48-32(42)21(4)38(7)28(40)12-13-50)34(6)31(49-34)20(3)26-18-35(44,22(5)45-9)37-33(43)47-26/h11,15-16,20-22,26-27,31,44,50H,12-14,17-18H2,1-10H3,(H,37,43)/b19-11+/t20-,21+,22-,26+,27+,31+,34+,35+/m1/s1. The Labute approximate surface area is 305 Å². The minimum absolute atomic E-state index is 0.00454. The number of esters is 1. The molecule has 0 radical (unpaired) electrons. The maximum Gasteiger partial charge on any atom is 0.409 e. The van der Waals surface area contributed by atoms with Crippen LogP contribution in [0.25, 0.3) is 0 Å². The van der Waals surface area contributed by atoms with Crippen LogP contribution in [0, 0.1) is 5.92 Å². The number of anilines is 1. The summed E-state index contributed by atoms with van der Waals surface area (Å²) >= 11 is 10.8. The molecule has 3 amide bonds. The zero-order valence-corrected chi connectivity index (χ0v) is 32.2. The Morgan fingerprint density at radius 1 is 1.20 bits per heavy atom. The Morgan fingerprint density at radius 3 is 2.44 bits per heavy atom. The molecule has 2 saturated heterocycles. The average Bonchev–Trinajstić information content (AvgIpc) is 3.78. The molecule has 2 aliphatic rings. The van der Waals surface area contributed by atoms with Gasteiger partial charge in [0.2, 0.25) is 11.8 Å². The molecule has 1 aromatic carbocycles. The van der Waals surface area contributed by atoms with Gasteiger partial charge in [0, 0.05) is 40.0 Å². The molecule has 3 rings (SSSR count). The summed E-state index contributed by atoms with van der Waals surface area (Å²) in [6, 6.07) is 2.66. The minimum Gasteiger partial charge on any atom is -0.495 e. The van der Waals surface area contributed by atoms with Crippen molar-refractivity contribution in [1.29, 1.82) is 0 Å². The number of thiol groups is 1. The quantitative estimate of drug-likeness (QED) is 0.0967. The lowest BCUT2D eigenvalue weighted by Gasteiger charge is -2.41. The maximum absolute atomic E-state index is 14.0. The van der Waals surface area contributed by atoms with Crippen LogP contribution >= 0.6 is 24.2 Å². The van der Waals surface area contributed by atoms with E-state index in [4.69, 9.17) is 35.3 Å². The number of hydrogen-bond acceptors (Lipinski definition) is 11. The summed E-state index contributed by atoms with van der Waals surface area (Å²) < 4.78 is 28.6. The van der Waals surface area contributed by atoms with Gasteiger partial charge >= 0.3 is 12.1 Å². The van der Waals surface area contributed by atoms with Crippen LogP contribution in [0.5, 0.6) is 5.75 Å². The van der Waals surface area contributed by atoms with E-state index in [0.717, 1.165) is 11.1 Å². The van der Waals surface area contributed by atoms with Crippen LogP contribution in [-0.2, 0) is 39.8 Å². The first-order chi connectivity index (χ1) is 23.4. The SMILES string of the molecule is C/C=C(\C)Cc1cc(OC)c(Cl)c(N(C)C(=O)C[C@H](OC(=O)[C@H](C)N(C)C(=O)CCS)[C@]2(C)O[C@H]2[C@H](C)[C@@H]2C[C@](O)([C@@H](C)OC)NC(=O)O2)c1. The number of methoxy groups -OCH3 is 2. The Bertz CT molecular complexity index is 1460. The van der Waals surface area contributed by atoms with E-state index in [2.05, 4.69) is 17.9 Å². The zero-order valence-electron chi connectivity index (χ0n) is 30.6. The lowest BCUT2D eigenvalue weighted by molar-refractivity contribution is -0.162. The number of nitrogens with zero attached hydrogens (tertiary/aromatic N) is 2. The third-order valence-electron chi connectivity index (χ3n) is 9.98. The van der Waals surface area contributed by atoms with Gasteiger partial charge < -0.3 is 38.6 Å². The van der Waals surface area contributed by atoms with Gasteiger partial charge in [-0.05, 0) is 64.5 Å². The first kappa shape index (κ1) is 41.4. The van der Waals surface area contributed by atoms with Crippen molar-refractivity contribution in [3.8, 4) is 5.75 Å². The Balaban J connectivity index is 1.93. The number of likely N-dealkylation sites (N-methyl/N-ethyl adjacent to an activating group) is 1. The lowest BCUT2D eigenvalue weighted by atomic mass is 9.84. The number of rotatable bonds is 16. The molecule has 8 atom stereocenters. The predicted molar refractivity (Wildman–Crippen MR) is 192 cm³/mol. The number of hydrogen-bond donors (Lipinski definition) is 3. The molecular weight excluding hydrogens is 690 g/mol. The highest BCUT2D eigenvalue weighted by molar-refractivity contribution is 7.80. The molecule has 0 aliphatic carbocycles. The van der Waals surface area contributed by atoms with Gasteiger partial charge in [0.05, 0.1) is 25.3 Å². The van der Waals surface area contributed by atoms with Crippen LogP contribution in [-0.4, -0.2) is 110 Å². The molecule has 2 N–H and O–H groups in total. The summed E-state index contributed by atoms with van der Waals surface area (Å²) in [5, 5.41) is 13.8. The Kier molecular flexibility index (Phi) is 14.1. The highest BCUT2D eigenvalue weighted by Gasteiger charge is 2.64. The molecule has 280 valence electrons. The monoisotopic (exact) mass is 741 g/mol. The number of alkyl carbamates (subject to hydrolysis) is 1. The average molecular weight is 742 g/mol. The second-order valence-electron chi connectivity index (χ2n) is 13.3. The topological polar surface area (TPSA) is 156 Å². The van der Waals surface area contributed by atoms with Crippen molar-refractivity contribution in [2.24, 2.45) is 5.92 Å². The maximum atomic E-state index is 14.0. The lowest BCUT2D eigenvalue weighted by Crippen LogP contribution is -2.63. The van der Waals surface area contributed by atoms with Gasteiger partial charge in [-0.1, -0.05) is 30.2 Å². The first-order valence-corrected chi connectivity index (χ1v) is 17.6. The van der Waals surface area contributed by atoms with Gasteiger partial charge in [0.15, 0.2) is 5.72 Å². The molecule has 50 heavy (non-hydrogen) atoms. The smallest absolute Gasteiger partial charge is 0.409 e. The van der Waals surface area contributed by atoms with Gasteiger partial charge in [0.25, 0.3) is 0 Å². The largest absolute Gasteiger partial charge is 0.495 e. The highest BCUT2D eigenvalue weighted by atomic mass is 35.5. The van der Waals surface area contributed by atoms with Crippen molar-refractivity contribution in [2.75, 3.05) is 39.0 Å². The van der Waals surface area contributed by atoms with Crippen LogP contribution in [0.4, 0.5) is 10.5 Å². The number of halogens is 1. The highest BCUT2D eigenvalue weighted by Crippen LogP contribution is 2.49. The van der Waals surface area contributed by atoms with Crippen LogP contribution in [0.2, 0.25) is 5.02 Å². The number of nitrogens with one attached hydrogen (secondary N) is 1. The molecule has 0 spiro atoms. The van der Waals surface area contributed by atoms with Crippen molar-refractivity contribution in [3.05, 3.63) is 34.4 Å². The molecule has 0 unspecified atom stereocenters. The number of cyclic esters (lactones) is 1. The fourth-order valence-corrected chi connectivity index (χ4v) is 6.56. The minimum atomic E-state index is -1.70. The second kappa shape index (κ2) is 17.0. The molecule has 2 fully saturated rings. The number of carbonyl (C=O) groups is 4. The summed E-state index contributed by atoms with van der Waals surface area (Å²) in [6.45, 7) is 10.6. The summed E-state index contributed by atoms with van der Waals surface area (Å²) in [6.07, 6.45) is -1.71. The molecular formula is C35H52ClN3O10S. The number of benzene rings is 1. The molecule has 13 nitrogen and oxygen atoms in total. The number of epoxide rings is 1. The number of carbonyl (C=O) groups excluding carboxylic acids is 4. The van der Waals surface area contributed by atoms with E-state index >= 15 is 0 Å². The van der Waals surface area contributed by atoms with E-state index in [1.807, 2.05) is 32.1 Å². The molecule has 1 aromatic rings. The number of allylic oxidation sites excluding steroid dienone is 2. The molecule has 2 heterocycles. The van der Waals surface area contributed by atoms with E-state index in [1.54, 1.807) is 27.8 Å². The summed E-state index contributed by atoms with van der Waals surface area (Å²) in [7, 11) is 5.99. The van der Waals surface area contributed by atoms with Crippen molar-refractivity contribution in [2.45, 2.75) is 109 Å². The van der Waals surface area contributed by atoms with Crippen molar-refractivity contribution < 1.29 is 48.0 Å². The summed E-state index contributed by atoms with van der Waals surface area (Å²) in [5.41, 5.74) is -0.494. The van der Waals surface area contributed by atoms with E-state index < -0.39 is 65.7 Å². The van der Waals surface area contributed by atoms with E-state index in [9.17, 15) is 24.3 Å². The van der Waals surface area contributed by atoms with Crippen molar-refractivity contribution in [3.63, 3.8) is 0 Å². The summed E-state index contributed by atoms with van der Waals surface area (Å²) in [5.74, 6) is -1.25. The number of ether oxygens (including phenoxy) is 5. The number of aliphatic hydroxyl groups is 1. The zero-order chi connectivity index (χ0) is 37.7. The molecule has 15 heteroatoms. The molecule has 0 saturated carbocycles. The third kappa shape index (κ3) is 9.24. The normalized spacial score (nSPS) is 25.7. The second-order valence-corrected chi connectivity index (χ2v) is 14.2. The Hall–Kier alpha value is -3.04. The van der Waals surface area contributed by atoms with Crippen LogP contribution in [0.1, 0.15) is 66.4 Å². The molecule has 0 bridgehead atoms. The van der Waals surface area contributed by atoms with Gasteiger partial charge in [0.1, 0.15) is 40.7 Å². The molecule has 0 aromatic heterocycles. The van der Waals surface area contributed by atoms with Gasteiger partial charge in [-0.2, -0.15) is 12.6 Å². The first-order valence-electron chi connectivity index (χ1n) is 16.6. The van der Waals surface area contributed by atoms with Gasteiger partial charge in [-0.15, -0.1) is 0 Å². The van der Waals surface area contributed by atoms with Gasteiger partial charge in [-0.25, -0.2) is 9.59 Å². The van der Waals surface area contributed by atoms with E-state index in [0.29, 0.717) is 23.6 Å². The number of amides is 3. The molecule has 2 aliphatic heterocycles. The fourth-order valence-electron chi connectivity index (χ4n) is 6.06. The van der Waals surface area contributed by atoms with Crippen molar-refractivity contribution in [1.82, 2.24) is 10.2 Å². The van der Waals surface area contributed by atoms with Crippen LogP contribution in [0.15, 0.2) is 23.8 Å². The van der Waals surface area contributed by atoms with E-state index in [-0.39, 0.29) is 30.2 Å². The van der Waals surface area contributed by atoms with Crippen molar-refractivity contribution >= 4 is 53.8 Å². The van der Waals surface area contributed by atoms with Crippen LogP contribution < -0.4 is 15.0 Å². The Morgan fingerprint density at radius 2 is 1.86 bits per heavy atom. The predicted octanol–water partition coefficient (Wildman–Crippen LogP) is 4.30. The van der Waals surface area contributed by atoms with Gasteiger partial charge in [-0.3, -0.25) is 14.9 Å². The van der Waals surface area contributed by atoms with E-state index in [1.165, 1.54) is 38.0 Å². The summed E-state index contributed by atoms with van der Waals surface area (Å²) in [4.78, 5) is 55.3. The fraction of sp³-hybridized carbons (Fsp3) is 0.657. The van der Waals surface area contributed by atoms with Crippen LogP contribution in [0.3, 0.4) is 0 Å². The third-order valence-corrected chi connectivity index (χ3v) is 10.6.